The molecule has 1 heterocycles. The Morgan fingerprint density at radius 1 is 1.47 bits per heavy atom. The molecule has 94 valence electrons. The molecule has 1 aliphatic heterocycles. The van der Waals surface area contributed by atoms with Gasteiger partial charge in [-0.1, -0.05) is 24.3 Å². The van der Waals surface area contributed by atoms with Gasteiger partial charge in [-0.25, -0.2) is 4.39 Å². The highest BCUT2D eigenvalue weighted by molar-refractivity contribution is 5.33. The first-order valence-electron chi connectivity index (χ1n) is 6.21. The number of alkyl halides is 1. The molecule has 0 bridgehead atoms. The lowest BCUT2D eigenvalue weighted by Crippen LogP contribution is -2.29. The second-order valence-electron chi connectivity index (χ2n) is 4.83. The van der Waals surface area contributed by atoms with E-state index in [0.717, 1.165) is 24.0 Å². The van der Waals surface area contributed by atoms with Crippen LogP contribution < -0.4 is 5.73 Å². The summed E-state index contributed by atoms with van der Waals surface area (Å²) in [6.07, 6.45) is 1.52. The van der Waals surface area contributed by atoms with Crippen molar-refractivity contribution in [1.82, 2.24) is 0 Å². The summed E-state index contributed by atoms with van der Waals surface area (Å²) >= 11 is 0. The molecule has 0 aromatic heterocycles. The molecule has 0 spiro atoms. The molecule has 0 amide bonds. The van der Waals surface area contributed by atoms with Crippen LogP contribution in [-0.2, 0) is 16.8 Å². The lowest BCUT2D eigenvalue weighted by Gasteiger charge is -2.29. The van der Waals surface area contributed by atoms with E-state index in [2.05, 4.69) is 0 Å². The first-order valence-corrected chi connectivity index (χ1v) is 6.21. The molecule has 3 heteroatoms. The number of nitrogens with two attached hydrogens (primary N) is 1. The van der Waals surface area contributed by atoms with Crippen LogP contribution in [0, 0.1) is 5.92 Å². The Kier molecular flexibility index (Phi) is 3.79. The Bertz CT molecular complexity index is 372. The Morgan fingerprint density at radius 3 is 2.88 bits per heavy atom. The van der Waals surface area contributed by atoms with E-state index >= 15 is 0 Å². The summed E-state index contributed by atoms with van der Waals surface area (Å²) in [5.41, 5.74) is 6.06. The molecule has 2 unspecified atom stereocenters. The third kappa shape index (κ3) is 2.50. The maximum Gasteiger partial charge on any atom is 0.138 e. The van der Waals surface area contributed by atoms with Gasteiger partial charge in [0.05, 0.1) is 6.61 Å². The SMILES string of the molecule is CC(F)(c1ccccc1CCN)C1CCOC1. The molecule has 2 N–H and O–H groups in total. The summed E-state index contributed by atoms with van der Waals surface area (Å²) in [5.74, 6) is -0.0403. The number of hydrogen-bond donors (Lipinski definition) is 1. The first-order chi connectivity index (χ1) is 8.16. The number of halogens is 1. The van der Waals surface area contributed by atoms with Crippen molar-refractivity contribution in [3.63, 3.8) is 0 Å². The summed E-state index contributed by atoms with van der Waals surface area (Å²) in [5, 5.41) is 0. The molecule has 17 heavy (non-hydrogen) atoms. The molecule has 0 saturated carbocycles. The zero-order valence-electron chi connectivity index (χ0n) is 10.3. The molecule has 2 nitrogen and oxygen atoms in total. The second kappa shape index (κ2) is 5.15. The summed E-state index contributed by atoms with van der Waals surface area (Å²) in [6.45, 7) is 3.41. The van der Waals surface area contributed by atoms with Crippen LogP contribution in [0.2, 0.25) is 0 Å². The lowest BCUT2D eigenvalue weighted by atomic mass is 9.81. The molecule has 2 rings (SSSR count). The van der Waals surface area contributed by atoms with Crippen molar-refractivity contribution < 1.29 is 9.13 Å². The van der Waals surface area contributed by atoms with Crippen molar-refractivity contribution in [2.75, 3.05) is 19.8 Å². The molecular formula is C14H20FNO. The minimum atomic E-state index is -1.32. The molecule has 1 aromatic rings. The quantitative estimate of drug-likeness (QED) is 0.872. The van der Waals surface area contributed by atoms with Crippen LogP contribution in [0.1, 0.15) is 24.5 Å². The third-order valence-electron chi connectivity index (χ3n) is 3.65. The molecule has 1 fully saturated rings. The Hall–Kier alpha value is -0.930. The zero-order valence-corrected chi connectivity index (χ0v) is 10.3. The monoisotopic (exact) mass is 237 g/mol. The van der Waals surface area contributed by atoms with Crippen LogP contribution in [0.3, 0.4) is 0 Å². The van der Waals surface area contributed by atoms with E-state index in [1.54, 1.807) is 6.92 Å². The topological polar surface area (TPSA) is 35.2 Å². The highest BCUT2D eigenvalue weighted by Crippen LogP contribution is 2.39. The molecule has 1 aromatic carbocycles. The van der Waals surface area contributed by atoms with Crippen LogP contribution in [0.25, 0.3) is 0 Å². The number of hydrogen-bond acceptors (Lipinski definition) is 2. The van der Waals surface area contributed by atoms with Gasteiger partial charge < -0.3 is 10.5 Å². The highest BCUT2D eigenvalue weighted by atomic mass is 19.1. The van der Waals surface area contributed by atoms with Crippen molar-refractivity contribution >= 4 is 0 Å². The fourth-order valence-electron chi connectivity index (χ4n) is 2.55. The number of benzene rings is 1. The Morgan fingerprint density at radius 2 is 2.24 bits per heavy atom. The van der Waals surface area contributed by atoms with Crippen molar-refractivity contribution in [1.29, 1.82) is 0 Å². The van der Waals surface area contributed by atoms with Gasteiger partial charge in [0.2, 0.25) is 0 Å². The minimum absolute atomic E-state index is 0.0403. The number of rotatable bonds is 4. The Labute approximate surface area is 102 Å². The minimum Gasteiger partial charge on any atom is -0.381 e. The maximum atomic E-state index is 15.0. The standard InChI is InChI=1S/C14H20FNO/c1-14(15,12-7-9-17-10-12)13-5-3-2-4-11(13)6-8-16/h2-5,12H,6-10,16H2,1H3. The van der Waals surface area contributed by atoms with E-state index < -0.39 is 5.67 Å². The summed E-state index contributed by atoms with van der Waals surface area (Å²) in [6, 6.07) is 7.68. The van der Waals surface area contributed by atoms with Crippen LogP contribution >= 0.6 is 0 Å². The average molecular weight is 237 g/mol. The van der Waals surface area contributed by atoms with Gasteiger partial charge >= 0.3 is 0 Å². The van der Waals surface area contributed by atoms with E-state index in [1.165, 1.54) is 0 Å². The van der Waals surface area contributed by atoms with Gasteiger partial charge in [0.1, 0.15) is 5.67 Å². The van der Waals surface area contributed by atoms with Crippen LogP contribution in [0.5, 0.6) is 0 Å². The van der Waals surface area contributed by atoms with E-state index in [1.807, 2.05) is 24.3 Å². The average Bonchev–Trinajstić information content (AvgIpc) is 2.84. The van der Waals surface area contributed by atoms with Gasteiger partial charge in [-0.2, -0.15) is 0 Å². The van der Waals surface area contributed by atoms with Gasteiger partial charge in [-0.05, 0) is 37.4 Å². The molecule has 1 saturated heterocycles. The summed E-state index contributed by atoms with van der Waals surface area (Å²) in [7, 11) is 0. The molecule has 2 atom stereocenters. The summed E-state index contributed by atoms with van der Waals surface area (Å²) < 4.78 is 20.3. The van der Waals surface area contributed by atoms with Gasteiger partial charge in [-0.3, -0.25) is 0 Å². The number of ether oxygens (including phenoxy) is 1. The molecule has 0 radical (unpaired) electrons. The third-order valence-corrected chi connectivity index (χ3v) is 3.65. The summed E-state index contributed by atoms with van der Waals surface area (Å²) in [4.78, 5) is 0. The van der Waals surface area contributed by atoms with Crippen molar-refractivity contribution in [3.05, 3.63) is 35.4 Å². The van der Waals surface area contributed by atoms with E-state index in [0.29, 0.717) is 19.8 Å². The lowest BCUT2D eigenvalue weighted by molar-refractivity contribution is 0.0816. The maximum absolute atomic E-state index is 15.0. The Balaban J connectivity index is 2.30. The highest BCUT2D eigenvalue weighted by Gasteiger charge is 2.39. The largest absolute Gasteiger partial charge is 0.381 e. The van der Waals surface area contributed by atoms with Crippen molar-refractivity contribution in [2.45, 2.75) is 25.4 Å². The van der Waals surface area contributed by atoms with Gasteiger partial charge in [-0.15, -0.1) is 0 Å². The van der Waals surface area contributed by atoms with Crippen molar-refractivity contribution in [3.8, 4) is 0 Å². The van der Waals surface area contributed by atoms with Gasteiger partial charge in [0.25, 0.3) is 0 Å². The molecule has 0 aliphatic carbocycles. The predicted octanol–water partition coefficient (Wildman–Crippen LogP) is 2.41. The van der Waals surface area contributed by atoms with E-state index in [9.17, 15) is 4.39 Å². The molecule has 1 aliphatic rings. The smallest absolute Gasteiger partial charge is 0.138 e. The van der Waals surface area contributed by atoms with Crippen LogP contribution in [0.4, 0.5) is 4.39 Å². The van der Waals surface area contributed by atoms with Crippen LogP contribution in [-0.4, -0.2) is 19.8 Å². The first kappa shape index (κ1) is 12.5. The fraction of sp³-hybridized carbons (Fsp3) is 0.571. The van der Waals surface area contributed by atoms with E-state index in [-0.39, 0.29) is 5.92 Å². The fourth-order valence-corrected chi connectivity index (χ4v) is 2.55. The molecular weight excluding hydrogens is 217 g/mol. The van der Waals surface area contributed by atoms with E-state index in [4.69, 9.17) is 10.5 Å². The van der Waals surface area contributed by atoms with Gasteiger partial charge in [0.15, 0.2) is 0 Å². The van der Waals surface area contributed by atoms with Gasteiger partial charge in [0, 0.05) is 12.5 Å². The van der Waals surface area contributed by atoms with Crippen LogP contribution in [0.15, 0.2) is 24.3 Å². The second-order valence-corrected chi connectivity index (χ2v) is 4.83. The normalized spacial score (nSPS) is 23.6. The zero-order chi connectivity index (χ0) is 12.3. The predicted molar refractivity (Wildman–Crippen MR) is 66.6 cm³/mol. The van der Waals surface area contributed by atoms with Crippen molar-refractivity contribution in [2.24, 2.45) is 11.7 Å².